The Morgan fingerprint density at radius 2 is 1.70 bits per heavy atom. The molecule has 1 aromatic carbocycles. The van der Waals surface area contributed by atoms with E-state index in [1.165, 1.54) is 0 Å². The molecule has 0 radical (unpaired) electrons. The Labute approximate surface area is 186 Å². The molecule has 1 aliphatic heterocycles. The molecule has 2 rings (SSSR count). The number of hydrogen-bond acceptors (Lipinski definition) is 4. The molecule has 1 aliphatic rings. The molecular formula is C18H28BrIN4O3. The minimum atomic E-state index is 0. The number of methoxy groups -OCH3 is 2. The molecule has 1 aromatic rings. The van der Waals surface area contributed by atoms with Gasteiger partial charge >= 0.3 is 0 Å². The summed E-state index contributed by atoms with van der Waals surface area (Å²) in [5, 5.41) is 3.34. The van der Waals surface area contributed by atoms with Gasteiger partial charge in [-0.05, 0) is 24.6 Å². The van der Waals surface area contributed by atoms with E-state index in [0.29, 0.717) is 18.0 Å². The predicted octanol–water partition coefficient (Wildman–Crippen LogP) is 2.71. The average Bonchev–Trinajstić information content (AvgIpc) is 2.65. The van der Waals surface area contributed by atoms with Crippen LogP contribution >= 0.6 is 39.9 Å². The van der Waals surface area contributed by atoms with Crippen LogP contribution in [0.1, 0.15) is 19.4 Å². The molecule has 0 aromatic heterocycles. The quantitative estimate of drug-likeness (QED) is 0.344. The summed E-state index contributed by atoms with van der Waals surface area (Å²) in [6, 6.07) is 3.83. The van der Waals surface area contributed by atoms with Gasteiger partial charge in [0.2, 0.25) is 5.91 Å². The lowest BCUT2D eigenvalue weighted by Gasteiger charge is -2.36. The second-order valence-electron chi connectivity index (χ2n) is 5.96. The molecule has 152 valence electrons. The molecule has 1 heterocycles. The smallest absolute Gasteiger partial charge is 0.219 e. The van der Waals surface area contributed by atoms with Gasteiger partial charge in [0.05, 0.1) is 20.8 Å². The number of benzene rings is 1. The van der Waals surface area contributed by atoms with E-state index in [2.05, 4.69) is 26.1 Å². The minimum absolute atomic E-state index is 0. The summed E-state index contributed by atoms with van der Waals surface area (Å²) in [7, 11) is 3.24. The summed E-state index contributed by atoms with van der Waals surface area (Å²) < 4.78 is 11.6. The Morgan fingerprint density at radius 3 is 2.22 bits per heavy atom. The highest BCUT2D eigenvalue weighted by Gasteiger charge is 2.21. The van der Waals surface area contributed by atoms with Crippen molar-refractivity contribution in [3.05, 3.63) is 22.2 Å². The van der Waals surface area contributed by atoms with E-state index in [0.717, 1.165) is 48.7 Å². The number of carbonyl (C=O) groups excluding carboxylic acids is 1. The molecule has 1 N–H and O–H groups in total. The Morgan fingerprint density at radius 1 is 1.15 bits per heavy atom. The van der Waals surface area contributed by atoms with Gasteiger partial charge in [-0.3, -0.25) is 4.79 Å². The number of hydrogen-bond donors (Lipinski definition) is 1. The van der Waals surface area contributed by atoms with E-state index in [9.17, 15) is 4.79 Å². The molecule has 7 nitrogen and oxygen atoms in total. The highest BCUT2D eigenvalue weighted by Crippen LogP contribution is 2.33. The number of nitrogens with one attached hydrogen (secondary N) is 1. The topological polar surface area (TPSA) is 66.4 Å². The first-order valence-electron chi connectivity index (χ1n) is 8.69. The van der Waals surface area contributed by atoms with Crippen LogP contribution in [0, 0.1) is 0 Å². The molecule has 1 fully saturated rings. The van der Waals surface area contributed by atoms with Crippen molar-refractivity contribution >= 4 is 51.8 Å². The third-order valence-corrected chi connectivity index (χ3v) is 5.05. The zero-order chi connectivity index (χ0) is 19.1. The first kappa shape index (κ1) is 23.8. The molecule has 1 saturated heterocycles. The van der Waals surface area contributed by atoms with E-state index in [-0.39, 0.29) is 29.9 Å². The van der Waals surface area contributed by atoms with Gasteiger partial charge in [-0.2, -0.15) is 0 Å². The van der Waals surface area contributed by atoms with E-state index in [1.54, 1.807) is 21.1 Å². The number of aliphatic imine (C=N–C) groups is 1. The average molecular weight is 555 g/mol. The van der Waals surface area contributed by atoms with E-state index >= 15 is 0 Å². The van der Waals surface area contributed by atoms with Crippen molar-refractivity contribution < 1.29 is 14.3 Å². The standard InChI is InChI=1S/C18H27BrN4O3.HI/c1-5-20-18(23-8-6-22(7-9-23)13(2)24)21-12-14-10-16(25-3)17(26-4)11-15(14)19;/h10-11H,5-9,12H2,1-4H3,(H,20,21);1H. The van der Waals surface area contributed by atoms with Crippen LogP contribution < -0.4 is 14.8 Å². The van der Waals surface area contributed by atoms with Crippen molar-refractivity contribution in [2.24, 2.45) is 4.99 Å². The van der Waals surface area contributed by atoms with Crippen LogP contribution in [-0.2, 0) is 11.3 Å². The summed E-state index contributed by atoms with van der Waals surface area (Å²) in [6.07, 6.45) is 0. The predicted molar refractivity (Wildman–Crippen MR) is 121 cm³/mol. The van der Waals surface area contributed by atoms with Crippen LogP contribution in [0.3, 0.4) is 0 Å². The fourth-order valence-electron chi connectivity index (χ4n) is 2.84. The first-order valence-corrected chi connectivity index (χ1v) is 9.48. The van der Waals surface area contributed by atoms with Gasteiger partial charge in [0.25, 0.3) is 0 Å². The molecule has 0 unspecified atom stereocenters. The van der Waals surface area contributed by atoms with Gasteiger partial charge < -0.3 is 24.6 Å². The Bertz CT molecular complexity index is 664. The molecule has 0 atom stereocenters. The summed E-state index contributed by atoms with van der Waals surface area (Å²) in [4.78, 5) is 20.3. The SMILES string of the molecule is CCNC(=NCc1cc(OC)c(OC)cc1Br)N1CCN(C(C)=O)CC1.I. The van der Waals surface area contributed by atoms with Gasteiger partial charge in [-0.25, -0.2) is 4.99 Å². The minimum Gasteiger partial charge on any atom is -0.493 e. The maximum absolute atomic E-state index is 11.5. The monoisotopic (exact) mass is 554 g/mol. The van der Waals surface area contributed by atoms with Crippen LogP contribution in [0.2, 0.25) is 0 Å². The highest BCUT2D eigenvalue weighted by molar-refractivity contribution is 14.0. The molecule has 27 heavy (non-hydrogen) atoms. The molecule has 1 amide bonds. The zero-order valence-electron chi connectivity index (χ0n) is 16.2. The van der Waals surface area contributed by atoms with Gasteiger partial charge in [0.15, 0.2) is 17.5 Å². The number of amides is 1. The van der Waals surface area contributed by atoms with Crippen molar-refractivity contribution in [3.8, 4) is 11.5 Å². The Kier molecular flexibility index (Phi) is 10.2. The summed E-state index contributed by atoms with van der Waals surface area (Å²) in [5.41, 5.74) is 1.01. The molecule has 0 aliphatic carbocycles. The lowest BCUT2D eigenvalue weighted by Crippen LogP contribution is -2.53. The van der Waals surface area contributed by atoms with Crippen LogP contribution in [0.4, 0.5) is 0 Å². The van der Waals surface area contributed by atoms with Crippen molar-refractivity contribution in [1.82, 2.24) is 15.1 Å². The maximum atomic E-state index is 11.5. The third kappa shape index (κ3) is 6.41. The second kappa shape index (κ2) is 11.6. The van der Waals surface area contributed by atoms with E-state index < -0.39 is 0 Å². The second-order valence-corrected chi connectivity index (χ2v) is 6.82. The van der Waals surface area contributed by atoms with Gasteiger partial charge in [0.1, 0.15) is 0 Å². The number of rotatable bonds is 5. The molecule has 0 spiro atoms. The van der Waals surface area contributed by atoms with Crippen molar-refractivity contribution in [1.29, 1.82) is 0 Å². The van der Waals surface area contributed by atoms with E-state index in [1.807, 2.05) is 24.0 Å². The molecular weight excluding hydrogens is 527 g/mol. The van der Waals surface area contributed by atoms with Crippen LogP contribution in [0.5, 0.6) is 11.5 Å². The van der Waals surface area contributed by atoms with Crippen LogP contribution in [-0.4, -0.2) is 68.6 Å². The molecule has 0 saturated carbocycles. The van der Waals surface area contributed by atoms with Crippen molar-refractivity contribution in [2.75, 3.05) is 46.9 Å². The number of nitrogens with zero attached hydrogens (tertiary/aromatic N) is 3. The van der Waals surface area contributed by atoms with Crippen LogP contribution in [0.25, 0.3) is 0 Å². The third-order valence-electron chi connectivity index (χ3n) is 4.31. The number of ether oxygens (including phenoxy) is 2. The maximum Gasteiger partial charge on any atom is 0.219 e. The largest absolute Gasteiger partial charge is 0.493 e. The fourth-order valence-corrected chi connectivity index (χ4v) is 3.28. The van der Waals surface area contributed by atoms with Gasteiger partial charge in [-0.1, -0.05) is 15.9 Å². The zero-order valence-corrected chi connectivity index (χ0v) is 20.2. The number of carbonyl (C=O) groups is 1. The number of guanidine groups is 1. The number of halogens is 2. The Balaban J connectivity index is 0.00000364. The summed E-state index contributed by atoms with van der Waals surface area (Å²) in [6.45, 7) is 7.96. The highest BCUT2D eigenvalue weighted by atomic mass is 127. The summed E-state index contributed by atoms with van der Waals surface area (Å²) >= 11 is 3.58. The lowest BCUT2D eigenvalue weighted by atomic mass is 10.2. The number of piperazine rings is 1. The van der Waals surface area contributed by atoms with Gasteiger partial charge in [0, 0.05) is 44.1 Å². The van der Waals surface area contributed by atoms with Crippen LogP contribution in [0.15, 0.2) is 21.6 Å². The molecule has 9 heteroatoms. The van der Waals surface area contributed by atoms with Crippen molar-refractivity contribution in [2.45, 2.75) is 20.4 Å². The Hall–Kier alpha value is -1.23. The lowest BCUT2D eigenvalue weighted by molar-refractivity contribution is -0.130. The summed E-state index contributed by atoms with van der Waals surface area (Å²) in [5.74, 6) is 2.35. The first-order chi connectivity index (χ1) is 12.5. The van der Waals surface area contributed by atoms with E-state index in [4.69, 9.17) is 14.5 Å². The van der Waals surface area contributed by atoms with Gasteiger partial charge in [-0.15, -0.1) is 24.0 Å². The molecule has 0 bridgehead atoms. The fraction of sp³-hybridized carbons (Fsp3) is 0.556. The normalized spacial score (nSPS) is 14.5. The van der Waals surface area contributed by atoms with Crippen molar-refractivity contribution in [3.63, 3.8) is 0 Å².